The van der Waals surface area contributed by atoms with Crippen LogP contribution in [0.5, 0.6) is 0 Å². The van der Waals surface area contributed by atoms with Crippen LogP contribution in [-0.4, -0.2) is 12.5 Å². The fraction of sp³-hybridized carbons (Fsp3) is 0.235. The zero-order valence-electron chi connectivity index (χ0n) is 12.2. The van der Waals surface area contributed by atoms with Gasteiger partial charge in [0, 0.05) is 17.8 Å². The lowest BCUT2D eigenvalue weighted by molar-refractivity contribution is -0.119. The molecule has 21 heavy (non-hydrogen) atoms. The molecule has 110 valence electrons. The van der Waals surface area contributed by atoms with Gasteiger partial charge < -0.3 is 10.6 Å². The van der Waals surface area contributed by atoms with Gasteiger partial charge in [0.2, 0.25) is 5.91 Å². The lowest BCUT2D eigenvalue weighted by Gasteiger charge is -2.10. The van der Waals surface area contributed by atoms with E-state index in [0.29, 0.717) is 5.56 Å². The van der Waals surface area contributed by atoms with Crippen LogP contribution in [-0.2, 0) is 11.3 Å². The molecule has 0 saturated heterocycles. The first-order valence-electron chi connectivity index (χ1n) is 6.87. The Kier molecular flexibility index (Phi) is 4.93. The molecule has 2 aromatic carbocycles. The van der Waals surface area contributed by atoms with E-state index in [1.165, 1.54) is 6.07 Å². The zero-order valence-corrected chi connectivity index (χ0v) is 12.2. The first-order chi connectivity index (χ1) is 10.0. The highest BCUT2D eigenvalue weighted by molar-refractivity contribution is 5.80. The van der Waals surface area contributed by atoms with E-state index in [0.717, 1.165) is 16.8 Å². The number of hydrogen-bond donors (Lipinski definition) is 2. The van der Waals surface area contributed by atoms with E-state index in [-0.39, 0.29) is 24.8 Å². The van der Waals surface area contributed by atoms with Crippen LogP contribution in [0, 0.1) is 19.7 Å². The number of rotatable bonds is 5. The predicted molar refractivity (Wildman–Crippen MR) is 82.7 cm³/mol. The minimum absolute atomic E-state index is 0.164. The molecule has 0 unspecified atom stereocenters. The van der Waals surface area contributed by atoms with Crippen molar-refractivity contribution in [2.24, 2.45) is 0 Å². The molecular weight excluding hydrogens is 267 g/mol. The molecule has 0 spiro atoms. The maximum atomic E-state index is 13.4. The monoisotopic (exact) mass is 286 g/mol. The fourth-order valence-electron chi connectivity index (χ4n) is 2.16. The average molecular weight is 286 g/mol. The number of halogens is 1. The standard InChI is InChI=1S/C17H19FN2O/c1-12-7-13(2)9-15(8-12)19-11-17(21)20-10-14-5-3-4-6-16(14)18/h3-9,19H,10-11H2,1-2H3,(H,20,21). The van der Waals surface area contributed by atoms with Gasteiger partial charge in [-0.2, -0.15) is 0 Å². The molecule has 0 aliphatic heterocycles. The van der Waals surface area contributed by atoms with Crippen molar-refractivity contribution in [2.75, 3.05) is 11.9 Å². The molecule has 4 heteroatoms. The molecule has 0 heterocycles. The first-order valence-corrected chi connectivity index (χ1v) is 6.87. The number of amides is 1. The lowest BCUT2D eigenvalue weighted by atomic mass is 10.1. The van der Waals surface area contributed by atoms with E-state index in [4.69, 9.17) is 0 Å². The third-order valence-electron chi connectivity index (χ3n) is 3.11. The van der Waals surface area contributed by atoms with Gasteiger partial charge in [0.1, 0.15) is 5.82 Å². The largest absolute Gasteiger partial charge is 0.376 e. The van der Waals surface area contributed by atoms with Gasteiger partial charge in [0.25, 0.3) is 0 Å². The number of benzene rings is 2. The number of aryl methyl sites for hydroxylation is 2. The van der Waals surface area contributed by atoms with E-state index in [9.17, 15) is 9.18 Å². The topological polar surface area (TPSA) is 41.1 Å². The molecule has 2 rings (SSSR count). The minimum Gasteiger partial charge on any atom is -0.376 e. The minimum atomic E-state index is -0.305. The maximum absolute atomic E-state index is 13.4. The van der Waals surface area contributed by atoms with Gasteiger partial charge in [-0.1, -0.05) is 24.3 Å². The summed E-state index contributed by atoms with van der Waals surface area (Å²) < 4.78 is 13.4. The summed E-state index contributed by atoms with van der Waals surface area (Å²) in [4.78, 5) is 11.8. The number of carbonyl (C=O) groups excluding carboxylic acids is 1. The molecule has 3 nitrogen and oxygen atoms in total. The first kappa shape index (κ1) is 15.0. The Bertz CT molecular complexity index is 620. The summed E-state index contributed by atoms with van der Waals surface area (Å²) in [5.41, 5.74) is 3.68. The summed E-state index contributed by atoms with van der Waals surface area (Å²) in [6, 6.07) is 12.5. The van der Waals surface area contributed by atoms with Gasteiger partial charge in [-0.05, 0) is 43.2 Å². The number of anilines is 1. The van der Waals surface area contributed by atoms with Gasteiger partial charge in [-0.15, -0.1) is 0 Å². The molecule has 0 radical (unpaired) electrons. The molecular formula is C17H19FN2O. The fourth-order valence-corrected chi connectivity index (χ4v) is 2.16. The Balaban J connectivity index is 1.84. The molecule has 0 bridgehead atoms. The van der Waals surface area contributed by atoms with Gasteiger partial charge in [-0.3, -0.25) is 4.79 Å². The van der Waals surface area contributed by atoms with Gasteiger partial charge in [-0.25, -0.2) is 4.39 Å². The predicted octanol–water partition coefficient (Wildman–Crippen LogP) is 3.17. The maximum Gasteiger partial charge on any atom is 0.239 e. The van der Waals surface area contributed by atoms with Crippen LogP contribution in [0.3, 0.4) is 0 Å². The molecule has 0 aliphatic carbocycles. The third-order valence-corrected chi connectivity index (χ3v) is 3.11. The second-order valence-corrected chi connectivity index (χ2v) is 5.10. The molecule has 1 amide bonds. The van der Waals surface area contributed by atoms with Gasteiger partial charge >= 0.3 is 0 Å². The van der Waals surface area contributed by atoms with Crippen LogP contribution in [0.2, 0.25) is 0 Å². The summed E-state index contributed by atoms with van der Waals surface area (Å²) in [5.74, 6) is -0.475. The average Bonchev–Trinajstić information content (AvgIpc) is 2.43. The van der Waals surface area contributed by atoms with E-state index in [1.807, 2.05) is 26.0 Å². The molecule has 0 aromatic heterocycles. The Labute approximate surface area is 124 Å². The van der Waals surface area contributed by atoms with Crippen molar-refractivity contribution in [3.8, 4) is 0 Å². The van der Waals surface area contributed by atoms with Crippen LogP contribution in [0.15, 0.2) is 42.5 Å². The third kappa shape index (κ3) is 4.60. The molecule has 2 aromatic rings. The van der Waals surface area contributed by atoms with Crippen LogP contribution in [0.4, 0.5) is 10.1 Å². The Morgan fingerprint density at radius 3 is 2.43 bits per heavy atom. The van der Waals surface area contributed by atoms with E-state index >= 15 is 0 Å². The van der Waals surface area contributed by atoms with E-state index in [1.54, 1.807) is 18.2 Å². The second-order valence-electron chi connectivity index (χ2n) is 5.10. The second kappa shape index (κ2) is 6.88. The van der Waals surface area contributed by atoms with Crippen molar-refractivity contribution in [2.45, 2.75) is 20.4 Å². The zero-order chi connectivity index (χ0) is 15.2. The molecule has 0 saturated carbocycles. The SMILES string of the molecule is Cc1cc(C)cc(NCC(=O)NCc2ccccc2F)c1. The van der Waals surface area contributed by atoms with Crippen LogP contribution >= 0.6 is 0 Å². The highest BCUT2D eigenvalue weighted by atomic mass is 19.1. The van der Waals surface area contributed by atoms with Crippen LogP contribution in [0.1, 0.15) is 16.7 Å². The molecule has 2 N–H and O–H groups in total. The summed E-state index contributed by atoms with van der Waals surface area (Å²) in [6.45, 7) is 4.38. The highest BCUT2D eigenvalue weighted by Gasteiger charge is 2.04. The smallest absolute Gasteiger partial charge is 0.239 e. The summed E-state index contributed by atoms with van der Waals surface area (Å²) in [6.07, 6.45) is 0. The summed E-state index contributed by atoms with van der Waals surface area (Å²) in [7, 11) is 0. The van der Waals surface area contributed by atoms with Crippen molar-refractivity contribution in [3.63, 3.8) is 0 Å². The Morgan fingerprint density at radius 2 is 1.76 bits per heavy atom. The highest BCUT2D eigenvalue weighted by Crippen LogP contribution is 2.13. The quantitative estimate of drug-likeness (QED) is 0.886. The lowest BCUT2D eigenvalue weighted by Crippen LogP contribution is -2.29. The Morgan fingerprint density at radius 1 is 1.10 bits per heavy atom. The van der Waals surface area contributed by atoms with Crippen LogP contribution in [0.25, 0.3) is 0 Å². The van der Waals surface area contributed by atoms with Gasteiger partial charge in [0.15, 0.2) is 0 Å². The normalized spacial score (nSPS) is 10.2. The van der Waals surface area contributed by atoms with Crippen LogP contribution < -0.4 is 10.6 Å². The van der Waals surface area contributed by atoms with Gasteiger partial charge in [0.05, 0.1) is 6.54 Å². The van der Waals surface area contributed by atoms with E-state index < -0.39 is 0 Å². The van der Waals surface area contributed by atoms with E-state index in [2.05, 4.69) is 16.7 Å². The van der Waals surface area contributed by atoms with Crippen molar-refractivity contribution in [3.05, 3.63) is 65.0 Å². The number of nitrogens with one attached hydrogen (secondary N) is 2. The van der Waals surface area contributed by atoms with Crippen molar-refractivity contribution < 1.29 is 9.18 Å². The molecule has 0 fully saturated rings. The number of hydrogen-bond acceptors (Lipinski definition) is 2. The van der Waals surface area contributed by atoms with Crippen molar-refractivity contribution in [1.82, 2.24) is 5.32 Å². The Hall–Kier alpha value is -2.36. The number of carbonyl (C=O) groups is 1. The van der Waals surface area contributed by atoms with Crippen molar-refractivity contribution in [1.29, 1.82) is 0 Å². The molecule has 0 atom stereocenters. The molecule has 0 aliphatic rings. The summed E-state index contributed by atoms with van der Waals surface area (Å²) in [5, 5.41) is 5.77. The van der Waals surface area contributed by atoms with Crippen molar-refractivity contribution >= 4 is 11.6 Å². The summed E-state index contributed by atoms with van der Waals surface area (Å²) >= 11 is 0.